The number of rotatable bonds is 7. The van der Waals surface area contributed by atoms with Crippen molar-refractivity contribution in [2.24, 2.45) is 0 Å². The van der Waals surface area contributed by atoms with E-state index in [9.17, 15) is 24.3 Å². The predicted octanol–water partition coefficient (Wildman–Crippen LogP) is 2.02. The Balaban J connectivity index is 1.69. The zero-order valence-electron chi connectivity index (χ0n) is 16.9. The number of nitrogens with zero attached hydrogens (tertiary/aromatic N) is 1. The second kappa shape index (κ2) is 9.71. The van der Waals surface area contributed by atoms with Crippen molar-refractivity contribution in [3.8, 4) is 0 Å². The monoisotopic (exact) mass is 421 g/mol. The first-order valence-electron chi connectivity index (χ1n) is 9.74. The number of carboxylic acids is 1. The molecule has 160 valence electrons. The third-order valence-corrected chi connectivity index (χ3v) is 4.93. The maximum atomic E-state index is 12.4. The van der Waals surface area contributed by atoms with Crippen LogP contribution in [0, 0.1) is 0 Å². The standard InChI is InChI=1S/C23H23N3O5/c1-26-12-11-19(27)21(22(26)30)25-23(31)24-18(14-20(28)29)17-9-7-16(8-10-17)13-15-5-3-2-4-6-15/h2-12,18,21H,13-14H2,1H3,(H,28,29)(H2,24,25,31)/t18-,21?/m0/s1. The Morgan fingerprint density at radius 3 is 2.32 bits per heavy atom. The molecule has 3 rings (SSSR count). The minimum absolute atomic E-state index is 0.349. The number of urea groups is 1. The van der Waals surface area contributed by atoms with Crippen LogP contribution in [-0.4, -0.2) is 46.8 Å². The van der Waals surface area contributed by atoms with Gasteiger partial charge < -0.3 is 20.6 Å². The number of likely N-dealkylation sites (N-methyl/N-ethyl adjacent to an activating group) is 1. The Morgan fingerprint density at radius 1 is 1.03 bits per heavy atom. The molecule has 2 atom stereocenters. The van der Waals surface area contributed by atoms with E-state index in [-0.39, 0.29) is 6.42 Å². The molecule has 1 unspecified atom stereocenters. The van der Waals surface area contributed by atoms with Crippen molar-refractivity contribution in [1.29, 1.82) is 0 Å². The van der Waals surface area contributed by atoms with Gasteiger partial charge in [-0.2, -0.15) is 0 Å². The van der Waals surface area contributed by atoms with Gasteiger partial charge in [-0.1, -0.05) is 54.6 Å². The lowest BCUT2D eigenvalue weighted by Gasteiger charge is -2.25. The smallest absolute Gasteiger partial charge is 0.316 e. The molecule has 0 saturated heterocycles. The number of ketones is 1. The fourth-order valence-corrected chi connectivity index (χ4v) is 3.27. The Morgan fingerprint density at radius 2 is 1.68 bits per heavy atom. The molecule has 0 radical (unpaired) electrons. The number of aliphatic carboxylic acids is 1. The Hall–Kier alpha value is -3.94. The molecule has 0 fully saturated rings. The molecule has 3 amide bonds. The van der Waals surface area contributed by atoms with Gasteiger partial charge in [-0.3, -0.25) is 14.4 Å². The molecule has 1 aliphatic heterocycles. The lowest BCUT2D eigenvalue weighted by molar-refractivity contribution is -0.138. The fourth-order valence-electron chi connectivity index (χ4n) is 3.27. The van der Waals surface area contributed by atoms with Crippen LogP contribution in [0.25, 0.3) is 0 Å². The van der Waals surface area contributed by atoms with Crippen LogP contribution < -0.4 is 10.6 Å². The van der Waals surface area contributed by atoms with Crippen molar-refractivity contribution in [3.63, 3.8) is 0 Å². The van der Waals surface area contributed by atoms with E-state index in [1.165, 1.54) is 24.2 Å². The van der Waals surface area contributed by atoms with Crippen molar-refractivity contribution in [3.05, 3.63) is 83.6 Å². The van der Waals surface area contributed by atoms with E-state index in [4.69, 9.17) is 0 Å². The van der Waals surface area contributed by atoms with Crippen LogP contribution in [0.4, 0.5) is 4.79 Å². The molecule has 3 N–H and O–H groups in total. The molecule has 0 aliphatic carbocycles. The molecule has 0 spiro atoms. The Labute approximate surface area is 179 Å². The zero-order valence-corrected chi connectivity index (χ0v) is 16.9. The molecule has 2 aromatic rings. The second-order valence-electron chi connectivity index (χ2n) is 7.27. The minimum Gasteiger partial charge on any atom is -0.481 e. The van der Waals surface area contributed by atoms with Crippen LogP contribution >= 0.6 is 0 Å². The first kappa shape index (κ1) is 21.8. The van der Waals surface area contributed by atoms with Crippen LogP contribution in [0.2, 0.25) is 0 Å². The minimum atomic E-state index is -1.34. The van der Waals surface area contributed by atoms with Gasteiger partial charge in [-0.25, -0.2) is 4.79 Å². The van der Waals surface area contributed by atoms with E-state index in [0.29, 0.717) is 5.56 Å². The summed E-state index contributed by atoms with van der Waals surface area (Å²) in [4.78, 5) is 49.0. The number of carbonyl (C=O) groups excluding carboxylic acids is 3. The molecular weight excluding hydrogens is 398 g/mol. The topological polar surface area (TPSA) is 116 Å². The van der Waals surface area contributed by atoms with E-state index >= 15 is 0 Å². The number of benzene rings is 2. The SMILES string of the molecule is CN1C=CC(=O)C(NC(=O)N[C@@H](CC(=O)O)c2ccc(Cc3ccccc3)cc2)C1=O. The maximum absolute atomic E-state index is 12.4. The average molecular weight is 421 g/mol. The van der Waals surface area contributed by atoms with E-state index in [1.807, 2.05) is 42.5 Å². The number of amides is 3. The summed E-state index contributed by atoms with van der Waals surface area (Å²) < 4.78 is 0. The summed E-state index contributed by atoms with van der Waals surface area (Å²) in [5.41, 5.74) is 2.80. The summed E-state index contributed by atoms with van der Waals surface area (Å²) in [6.45, 7) is 0. The number of nitrogens with one attached hydrogen (secondary N) is 2. The normalized spacial score (nSPS) is 16.7. The molecule has 1 aliphatic rings. The van der Waals surface area contributed by atoms with Crippen molar-refractivity contribution < 1.29 is 24.3 Å². The van der Waals surface area contributed by atoms with Gasteiger partial charge in [0.2, 0.25) is 0 Å². The molecular formula is C23H23N3O5. The number of hydrogen-bond acceptors (Lipinski definition) is 4. The van der Waals surface area contributed by atoms with E-state index in [2.05, 4.69) is 10.6 Å². The van der Waals surface area contributed by atoms with Gasteiger partial charge in [0.25, 0.3) is 5.91 Å². The third-order valence-electron chi connectivity index (χ3n) is 4.93. The molecule has 0 aromatic heterocycles. The van der Waals surface area contributed by atoms with Crippen molar-refractivity contribution in [2.75, 3.05) is 7.05 Å². The van der Waals surface area contributed by atoms with E-state index in [0.717, 1.165) is 17.5 Å². The van der Waals surface area contributed by atoms with Gasteiger partial charge in [0.1, 0.15) is 0 Å². The summed E-state index contributed by atoms with van der Waals surface area (Å²) in [6.07, 6.45) is 2.90. The first-order valence-corrected chi connectivity index (χ1v) is 9.74. The molecule has 1 heterocycles. The van der Waals surface area contributed by atoms with E-state index < -0.39 is 35.8 Å². The largest absolute Gasteiger partial charge is 0.481 e. The van der Waals surface area contributed by atoms with Gasteiger partial charge >= 0.3 is 12.0 Å². The van der Waals surface area contributed by atoms with Gasteiger partial charge in [0.05, 0.1) is 12.5 Å². The summed E-state index contributed by atoms with van der Waals surface area (Å²) >= 11 is 0. The van der Waals surface area contributed by atoms with Crippen molar-refractivity contribution in [1.82, 2.24) is 15.5 Å². The molecule has 8 heteroatoms. The Kier molecular flexibility index (Phi) is 6.81. The lowest BCUT2D eigenvalue weighted by atomic mass is 9.99. The quantitative estimate of drug-likeness (QED) is 0.592. The molecule has 0 bridgehead atoms. The van der Waals surface area contributed by atoms with Crippen LogP contribution in [0.1, 0.15) is 29.2 Å². The van der Waals surface area contributed by atoms with Gasteiger partial charge in [0, 0.05) is 19.3 Å². The molecule has 2 aromatic carbocycles. The van der Waals surface area contributed by atoms with E-state index in [1.54, 1.807) is 12.1 Å². The highest BCUT2D eigenvalue weighted by Gasteiger charge is 2.32. The average Bonchev–Trinajstić information content (AvgIpc) is 2.74. The lowest BCUT2D eigenvalue weighted by Crippen LogP contribution is -2.55. The van der Waals surface area contributed by atoms with Gasteiger partial charge in [-0.05, 0) is 23.1 Å². The zero-order chi connectivity index (χ0) is 22.4. The molecule has 0 saturated carbocycles. The fraction of sp³-hybridized carbons (Fsp3) is 0.217. The second-order valence-corrected chi connectivity index (χ2v) is 7.27. The summed E-state index contributed by atoms with van der Waals surface area (Å²) in [5.74, 6) is -2.20. The van der Waals surface area contributed by atoms with Crippen LogP contribution in [0.15, 0.2) is 66.9 Å². The highest BCUT2D eigenvalue weighted by molar-refractivity contribution is 6.14. The molecule has 8 nitrogen and oxygen atoms in total. The van der Waals surface area contributed by atoms with Gasteiger partial charge in [0.15, 0.2) is 11.8 Å². The van der Waals surface area contributed by atoms with Crippen LogP contribution in [0.5, 0.6) is 0 Å². The predicted molar refractivity (Wildman–Crippen MR) is 113 cm³/mol. The maximum Gasteiger partial charge on any atom is 0.316 e. The molecule has 31 heavy (non-hydrogen) atoms. The summed E-state index contributed by atoms with van der Waals surface area (Å²) in [7, 11) is 1.47. The number of hydrogen-bond donors (Lipinski definition) is 3. The van der Waals surface area contributed by atoms with Crippen LogP contribution in [-0.2, 0) is 20.8 Å². The number of carboxylic acid groups (broad SMARTS) is 1. The summed E-state index contributed by atoms with van der Waals surface area (Å²) in [5, 5.41) is 14.1. The van der Waals surface area contributed by atoms with Crippen molar-refractivity contribution in [2.45, 2.75) is 24.9 Å². The third kappa shape index (κ3) is 5.79. The number of carbonyl (C=O) groups is 4. The Bertz CT molecular complexity index is 1000. The van der Waals surface area contributed by atoms with Gasteiger partial charge in [-0.15, -0.1) is 0 Å². The highest BCUT2D eigenvalue weighted by atomic mass is 16.4. The van der Waals surface area contributed by atoms with Crippen molar-refractivity contribution >= 4 is 23.7 Å². The van der Waals surface area contributed by atoms with Crippen LogP contribution in [0.3, 0.4) is 0 Å². The summed E-state index contributed by atoms with van der Waals surface area (Å²) in [6, 6.07) is 14.2. The highest BCUT2D eigenvalue weighted by Crippen LogP contribution is 2.19. The first-order chi connectivity index (χ1) is 14.8.